The Hall–Kier alpha value is -0.920. The molecule has 0 bridgehead atoms. The molecule has 1 aliphatic rings. The van der Waals surface area contributed by atoms with Gasteiger partial charge in [0.25, 0.3) is 0 Å². The van der Waals surface area contributed by atoms with E-state index in [0.717, 1.165) is 19.4 Å². The molecule has 0 atom stereocenters. The van der Waals surface area contributed by atoms with Crippen LogP contribution in [0.1, 0.15) is 26.7 Å². The molecule has 0 saturated heterocycles. The van der Waals surface area contributed by atoms with E-state index < -0.39 is 10.0 Å². The smallest absolute Gasteiger partial charge is 0.243 e. The van der Waals surface area contributed by atoms with E-state index in [9.17, 15) is 8.42 Å². The maximum atomic E-state index is 11.9. The average molecular weight is 272 g/mol. The maximum absolute atomic E-state index is 11.9. The van der Waals surface area contributed by atoms with Gasteiger partial charge in [-0.2, -0.15) is 5.10 Å². The Balaban J connectivity index is 1.92. The third-order valence-electron chi connectivity index (χ3n) is 2.71. The SMILES string of the molecule is CC(C)NCCn1cc(S(=O)(=O)NC2CC2)cn1. The monoisotopic (exact) mass is 272 g/mol. The summed E-state index contributed by atoms with van der Waals surface area (Å²) in [5.41, 5.74) is 0. The van der Waals surface area contributed by atoms with Crippen LogP contribution in [0.4, 0.5) is 0 Å². The molecule has 1 aromatic heterocycles. The lowest BCUT2D eigenvalue weighted by atomic mass is 10.4. The van der Waals surface area contributed by atoms with Gasteiger partial charge in [0.15, 0.2) is 0 Å². The van der Waals surface area contributed by atoms with Crippen molar-refractivity contribution in [1.29, 1.82) is 0 Å². The molecule has 1 fully saturated rings. The highest BCUT2D eigenvalue weighted by Crippen LogP contribution is 2.21. The predicted molar refractivity (Wildman–Crippen MR) is 68.7 cm³/mol. The second-order valence-electron chi connectivity index (χ2n) is 4.94. The van der Waals surface area contributed by atoms with E-state index in [-0.39, 0.29) is 10.9 Å². The number of sulfonamides is 1. The quantitative estimate of drug-likeness (QED) is 0.749. The van der Waals surface area contributed by atoms with E-state index in [1.54, 1.807) is 10.9 Å². The first kappa shape index (κ1) is 13.5. The van der Waals surface area contributed by atoms with E-state index in [2.05, 4.69) is 29.0 Å². The Kier molecular flexibility index (Phi) is 4.04. The van der Waals surface area contributed by atoms with Crippen molar-refractivity contribution in [2.75, 3.05) is 6.54 Å². The first-order valence-corrected chi connectivity index (χ1v) is 7.74. The van der Waals surface area contributed by atoms with E-state index in [1.165, 1.54) is 6.20 Å². The first-order valence-electron chi connectivity index (χ1n) is 6.25. The summed E-state index contributed by atoms with van der Waals surface area (Å²) in [5, 5.41) is 7.32. The Morgan fingerprint density at radius 1 is 1.50 bits per heavy atom. The van der Waals surface area contributed by atoms with E-state index in [0.29, 0.717) is 12.6 Å². The van der Waals surface area contributed by atoms with Gasteiger partial charge in [-0.3, -0.25) is 4.68 Å². The molecule has 0 aliphatic heterocycles. The van der Waals surface area contributed by atoms with Crippen molar-refractivity contribution in [2.24, 2.45) is 0 Å². The van der Waals surface area contributed by atoms with Crippen LogP contribution in [0, 0.1) is 0 Å². The Labute approximate surface area is 108 Å². The van der Waals surface area contributed by atoms with Gasteiger partial charge in [0, 0.05) is 24.8 Å². The first-order chi connectivity index (χ1) is 8.47. The van der Waals surface area contributed by atoms with Crippen molar-refractivity contribution in [3.05, 3.63) is 12.4 Å². The summed E-state index contributed by atoms with van der Waals surface area (Å²) in [7, 11) is -3.37. The molecule has 1 aliphatic carbocycles. The molecule has 1 saturated carbocycles. The van der Waals surface area contributed by atoms with Gasteiger partial charge in [-0.1, -0.05) is 13.8 Å². The van der Waals surface area contributed by atoms with Crippen molar-refractivity contribution in [1.82, 2.24) is 19.8 Å². The molecule has 1 aromatic rings. The molecular formula is C11H20N4O2S. The largest absolute Gasteiger partial charge is 0.313 e. The van der Waals surface area contributed by atoms with Crippen LogP contribution in [0.5, 0.6) is 0 Å². The van der Waals surface area contributed by atoms with E-state index in [1.807, 2.05) is 0 Å². The van der Waals surface area contributed by atoms with Crippen LogP contribution in [0.2, 0.25) is 0 Å². The van der Waals surface area contributed by atoms with Crippen LogP contribution in [-0.2, 0) is 16.6 Å². The van der Waals surface area contributed by atoms with Crippen LogP contribution in [0.15, 0.2) is 17.3 Å². The van der Waals surface area contributed by atoms with Gasteiger partial charge in [0.1, 0.15) is 4.90 Å². The second kappa shape index (κ2) is 5.38. The Morgan fingerprint density at radius 3 is 2.83 bits per heavy atom. The molecule has 18 heavy (non-hydrogen) atoms. The average Bonchev–Trinajstić information content (AvgIpc) is 2.93. The molecule has 0 unspecified atom stereocenters. The highest BCUT2D eigenvalue weighted by atomic mass is 32.2. The zero-order valence-corrected chi connectivity index (χ0v) is 11.6. The molecule has 2 rings (SSSR count). The lowest BCUT2D eigenvalue weighted by molar-refractivity contribution is 0.514. The highest BCUT2D eigenvalue weighted by molar-refractivity contribution is 7.89. The van der Waals surface area contributed by atoms with Gasteiger partial charge < -0.3 is 5.32 Å². The standard InChI is InChI=1S/C11H20N4O2S/c1-9(2)12-5-6-15-8-11(7-13-15)18(16,17)14-10-3-4-10/h7-10,12,14H,3-6H2,1-2H3. The Morgan fingerprint density at radius 2 is 2.22 bits per heavy atom. The number of rotatable bonds is 7. The fourth-order valence-corrected chi connectivity index (χ4v) is 2.82. The molecule has 0 amide bonds. The summed E-state index contributed by atoms with van der Waals surface area (Å²) < 4.78 is 28.1. The summed E-state index contributed by atoms with van der Waals surface area (Å²) in [6, 6.07) is 0.543. The summed E-state index contributed by atoms with van der Waals surface area (Å²) >= 11 is 0. The second-order valence-corrected chi connectivity index (χ2v) is 6.66. The van der Waals surface area contributed by atoms with Crippen molar-refractivity contribution < 1.29 is 8.42 Å². The van der Waals surface area contributed by atoms with Crippen molar-refractivity contribution in [3.63, 3.8) is 0 Å². The van der Waals surface area contributed by atoms with Crippen LogP contribution in [-0.4, -0.2) is 36.8 Å². The minimum atomic E-state index is -3.37. The fraction of sp³-hybridized carbons (Fsp3) is 0.727. The molecule has 1 heterocycles. The third kappa shape index (κ3) is 3.79. The third-order valence-corrected chi connectivity index (χ3v) is 4.19. The summed E-state index contributed by atoms with van der Waals surface area (Å²) in [5.74, 6) is 0. The predicted octanol–water partition coefficient (Wildman–Crippen LogP) is 0.322. The molecule has 2 N–H and O–H groups in total. The highest BCUT2D eigenvalue weighted by Gasteiger charge is 2.28. The van der Waals surface area contributed by atoms with Gasteiger partial charge in [-0.05, 0) is 12.8 Å². The fourth-order valence-electron chi connectivity index (χ4n) is 1.56. The zero-order valence-electron chi connectivity index (χ0n) is 10.8. The lowest BCUT2D eigenvalue weighted by Crippen LogP contribution is -2.27. The number of nitrogens with zero attached hydrogens (tertiary/aromatic N) is 2. The van der Waals surface area contributed by atoms with E-state index >= 15 is 0 Å². The number of hydrogen-bond donors (Lipinski definition) is 2. The topological polar surface area (TPSA) is 76.0 Å². The van der Waals surface area contributed by atoms with Gasteiger partial charge >= 0.3 is 0 Å². The summed E-state index contributed by atoms with van der Waals surface area (Å²) in [6.07, 6.45) is 4.85. The van der Waals surface area contributed by atoms with Crippen LogP contribution in [0.3, 0.4) is 0 Å². The van der Waals surface area contributed by atoms with Crippen molar-refractivity contribution in [3.8, 4) is 0 Å². The molecule has 0 spiro atoms. The number of nitrogens with one attached hydrogen (secondary N) is 2. The molecule has 102 valence electrons. The van der Waals surface area contributed by atoms with Crippen LogP contribution in [0.25, 0.3) is 0 Å². The van der Waals surface area contributed by atoms with Gasteiger partial charge in [-0.25, -0.2) is 13.1 Å². The normalized spacial score (nSPS) is 16.4. The van der Waals surface area contributed by atoms with Gasteiger partial charge in [0.05, 0.1) is 12.7 Å². The van der Waals surface area contributed by atoms with Crippen molar-refractivity contribution >= 4 is 10.0 Å². The zero-order chi connectivity index (χ0) is 13.2. The Bertz CT molecular complexity index is 491. The van der Waals surface area contributed by atoms with Gasteiger partial charge in [-0.15, -0.1) is 0 Å². The minimum absolute atomic E-state index is 0.126. The van der Waals surface area contributed by atoms with Gasteiger partial charge in [0.2, 0.25) is 10.0 Å². The maximum Gasteiger partial charge on any atom is 0.243 e. The molecule has 7 heteroatoms. The van der Waals surface area contributed by atoms with Crippen molar-refractivity contribution in [2.45, 2.75) is 50.2 Å². The molecule has 0 radical (unpaired) electrons. The van der Waals surface area contributed by atoms with Crippen LogP contribution < -0.4 is 10.0 Å². The lowest BCUT2D eigenvalue weighted by Gasteiger charge is -2.07. The summed E-state index contributed by atoms with van der Waals surface area (Å²) in [4.78, 5) is 0.249. The number of aromatic nitrogens is 2. The summed E-state index contributed by atoms with van der Waals surface area (Å²) in [6.45, 7) is 5.57. The molecule has 6 nitrogen and oxygen atoms in total. The van der Waals surface area contributed by atoms with Crippen LogP contribution >= 0.6 is 0 Å². The number of hydrogen-bond acceptors (Lipinski definition) is 4. The molecular weight excluding hydrogens is 252 g/mol. The molecule has 0 aromatic carbocycles. The minimum Gasteiger partial charge on any atom is -0.313 e. The van der Waals surface area contributed by atoms with E-state index in [4.69, 9.17) is 0 Å².